The summed E-state index contributed by atoms with van der Waals surface area (Å²) in [6.07, 6.45) is -0.462. The molecule has 88 valence electrons. The summed E-state index contributed by atoms with van der Waals surface area (Å²) >= 11 is 7.31. The zero-order valence-electron chi connectivity index (χ0n) is 8.88. The van der Waals surface area contributed by atoms with Crippen LogP contribution in [0.2, 0.25) is 5.02 Å². The van der Waals surface area contributed by atoms with Gasteiger partial charge in [0.15, 0.2) is 0 Å². The van der Waals surface area contributed by atoms with Crippen LogP contribution in [-0.4, -0.2) is 21.4 Å². The summed E-state index contributed by atoms with van der Waals surface area (Å²) in [6.45, 7) is 3.56. The molecule has 0 bridgehead atoms. The first-order chi connectivity index (χ1) is 7.41. The van der Waals surface area contributed by atoms with Gasteiger partial charge in [0.1, 0.15) is 0 Å². The van der Waals surface area contributed by atoms with Crippen molar-refractivity contribution >= 4 is 29.1 Å². The van der Waals surface area contributed by atoms with Crippen LogP contribution < -0.4 is 0 Å². The van der Waals surface area contributed by atoms with Crippen LogP contribution in [0, 0.1) is 10.1 Å². The van der Waals surface area contributed by atoms with Crippen LogP contribution in [0.25, 0.3) is 0 Å². The fourth-order valence-electron chi connectivity index (χ4n) is 0.998. The highest BCUT2D eigenvalue weighted by Gasteiger charge is 2.15. The van der Waals surface area contributed by atoms with Crippen molar-refractivity contribution in [2.24, 2.45) is 0 Å². The van der Waals surface area contributed by atoms with E-state index in [4.69, 9.17) is 11.6 Å². The molecule has 4 nitrogen and oxygen atoms in total. The van der Waals surface area contributed by atoms with Crippen LogP contribution in [0.1, 0.15) is 13.8 Å². The third-order valence-electron chi connectivity index (χ3n) is 2.12. The average Bonchev–Trinajstić information content (AvgIpc) is 2.20. The SMILES string of the molecule is CC(O)C(C)Sc1ccc([N+](=O)[O-])cc1Cl. The number of benzene rings is 1. The van der Waals surface area contributed by atoms with Crippen molar-refractivity contribution < 1.29 is 10.0 Å². The molecule has 1 aromatic rings. The summed E-state index contributed by atoms with van der Waals surface area (Å²) in [7, 11) is 0. The highest BCUT2D eigenvalue weighted by atomic mass is 35.5. The topological polar surface area (TPSA) is 63.4 Å². The Hall–Kier alpha value is -0.780. The van der Waals surface area contributed by atoms with E-state index >= 15 is 0 Å². The second-order valence-corrected chi connectivity index (χ2v) is 5.26. The molecule has 0 aliphatic rings. The lowest BCUT2D eigenvalue weighted by Gasteiger charge is -2.14. The molecule has 1 aromatic carbocycles. The second-order valence-electron chi connectivity index (χ2n) is 3.44. The summed E-state index contributed by atoms with van der Waals surface area (Å²) in [5, 5.41) is 20.2. The van der Waals surface area contributed by atoms with Gasteiger partial charge < -0.3 is 5.11 Å². The Bertz CT molecular complexity index is 398. The van der Waals surface area contributed by atoms with Gasteiger partial charge >= 0.3 is 0 Å². The number of hydrogen-bond acceptors (Lipinski definition) is 4. The monoisotopic (exact) mass is 261 g/mol. The fraction of sp³-hybridized carbons (Fsp3) is 0.400. The Morgan fingerprint density at radius 1 is 1.50 bits per heavy atom. The minimum atomic E-state index is -0.488. The maximum atomic E-state index is 10.5. The minimum absolute atomic E-state index is 0.0149. The fourth-order valence-corrected chi connectivity index (χ4v) is 2.22. The van der Waals surface area contributed by atoms with Crippen molar-refractivity contribution in [3.8, 4) is 0 Å². The molecule has 0 spiro atoms. The number of nitrogens with zero attached hydrogens (tertiary/aromatic N) is 1. The predicted molar refractivity (Wildman–Crippen MR) is 65.1 cm³/mol. The molecule has 0 fully saturated rings. The van der Waals surface area contributed by atoms with Crippen LogP contribution in [-0.2, 0) is 0 Å². The van der Waals surface area contributed by atoms with E-state index in [2.05, 4.69) is 0 Å². The molecule has 2 atom stereocenters. The standard InChI is InChI=1S/C10H12ClNO3S/c1-6(13)7(2)16-10-4-3-8(12(14)15)5-9(10)11/h3-7,13H,1-2H3. The van der Waals surface area contributed by atoms with E-state index in [0.29, 0.717) is 5.02 Å². The summed E-state index contributed by atoms with van der Waals surface area (Å²) in [4.78, 5) is 10.7. The number of thioether (sulfide) groups is 1. The van der Waals surface area contributed by atoms with Crippen molar-refractivity contribution in [2.45, 2.75) is 30.1 Å². The number of aliphatic hydroxyl groups is 1. The van der Waals surface area contributed by atoms with Gasteiger partial charge in [0.05, 0.1) is 16.0 Å². The number of hydrogen-bond donors (Lipinski definition) is 1. The van der Waals surface area contributed by atoms with Crippen LogP contribution in [0.4, 0.5) is 5.69 Å². The lowest BCUT2D eigenvalue weighted by Crippen LogP contribution is -2.14. The average molecular weight is 262 g/mol. The predicted octanol–water partition coefficient (Wildman–Crippen LogP) is 3.11. The first kappa shape index (κ1) is 13.3. The number of nitro groups is 1. The molecule has 0 aliphatic carbocycles. The number of aliphatic hydroxyl groups excluding tert-OH is 1. The van der Waals surface area contributed by atoms with Crippen molar-refractivity contribution in [1.29, 1.82) is 0 Å². The molecule has 0 amide bonds. The van der Waals surface area contributed by atoms with Gasteiger partial charge in [-0.15, -0.1) is 11.8 Å². The molecule has 2 unspecified atom stereocenters. The van der Waals surface area contributed by atoms with E-state index in [1.54, 1.807) is 13.0 Å². The Balaban J connectivity index is 2.87. The van der Waals surface area contributed by atoms with E-state index in [0.717, 1.165) is 4.90 Å². The van der Waals surface area contributed by atoms with Crippen molar-refractivity contribution in [3.05, 3.63) is 33.3 Å². The number of rotatable bonds is 4. The molecule has 0 heterocycles. The Labute approximate surface area is 103 Å². The first-order valence-electron chi connectivity index (χ1n) is 4.70. The lowest BCUT2D eigenvalue weighted by atomic mass is 10.3. The van der Waals surface area contributed by atoms with E-state index < -0.39 is 11.0 Å². The molecule has 0 aromatic heterocycles. The summed E-state index contributed by atoms with van der Waals surface area (Å²) in [6, 6.07) is 4.33. The zero-order chi connectivity index (χ0) is 12.3. The molecule has 1 rings (SSSR count). The van der Waals surface area contributed by atoms with E-state index in [1.165, 1.54) is 23.9 Å². The highest BCUT2D eigenvalue weighted by Crippen LogP contribution is 2.33. The summed E-state index contributed by atoms with van der Waals surface area (Å²) in [5.74, 6) is 0. The van der Waals surface area contributed by atoms with Crippen LogP contribution in [0.5, 0.6) is 0 Å². The van der Waals surface area contributed by atoms with E-state index in [1.807, 2.05) is 6.92 Å². The van der Waals surface area contributed by atoms with Crippen LogP contribution >= 0.6 is 23.4 Å². The number of nitro benzene ring substituents is 1. The Morgan fingerprint density at radius 2 is 2.12 bits per heavy atom. The third kappa shape index (κ3) is 3.37. The highest BCUT2D eigenvalue weighted by molar-refractivity contribution is 8.00. The van der Waals surface area contributed by atoms with Crippen LogP contribution in [0.15, 0.2) is 23.1 Å². The lowest BCUT2D eigenvalue weighted by molar-refractivity contribution is -0.384. The van der Waals surface area contributed by atoms with Gasteiger partial charge in [-0.3, -0.25) is 10.1 Å². The van der Waals surface area contributed by atoms with Gasteiger partial charge in [-0.25, -0.2) is 0 Å². The Morgan fingerprint density at radius 3 is 2.56 bits per heavy atom. The van der Waals surface area contributed by atoms with Crippen molar-refractivity contribution in [2.75, 3.05) is 0 Å². The van der Waals surface area contributed by atoms with Gasteiger partial charge in [0, 0.05) is 22.3 Å². The summed E-state index contributed by atoms with van der Waals surface area (Å²) in [5.41, 5.74) is -0.0287. The maximum absolute atomic E-state index is 10.5. The van der Waals surface area contributed by atoms with Crippen molar-refractivity contribution in [3.63, 3.8) is 0 Å². The van der Waals surface area contributed by atoms with Crippen LogP contribution in [0.3, 0.4) is 0 Å². The smallest absolute Gasteiger partial charge is 0.270 e. The molecule has 0 radical (unpaired) electrons. The maximum Gasteiger partial charge on any atom is 0.270 e. The van der Waals surface area contributed by atoms with Gasteiger partial charge in [0.25, 0.3) is 5.69 Å². The largest absolute Gasteiger partial charge is 0.392 e. The normalized spacial score (nSPS) is 14.5. The quantitative estimate of drug-likeness (QED) is 0.514. The first-order valence-corrected chi connectivity index (χ1v) is 5.96. The minimum Gasteiger partial charge on any atom is -0.392 e. The molecule has 0 aliphatic heterocycles. The molecule has 6 heteroatoms. The Kier molecular flexibility index (Phi) is 4.58. The number of non-ortho nitro benzene ring substituents is 1. The van der Waals surface area contributed by atoms with Gasteiger partial charge in [-0.1, -0.05) is 18.5 Å². The number of halogens is 1. The van der Waals surface area contributed by atoms with Crippen molar-refractivity contribution in [1.82, 2.24) is 0 Å². The second kappa shape index (κ2) is 5.52. The molecular formula is C10H12ClNO3S. The molecule has 0 saturated carbocycles. The summed E-state index contributed by atoms with van der Waals surface area (Å²) < 4.78 is 0. The van der Waals surface area contributed by atoms with Gasteiger partial charge in [0.2, 0.25) is 0 Å². The molecule has 16 heavy (non-hydrogen) atoms. The van der Waals surface area contributed by atoms with E-state index in [9.17, 15) is 15.2 Å². The molecule has 0 saturated heterocycles. The molecular weight excluding hydrogens is 250 g/mol. The van der Waals surface area contributed by atoms with Gasteiger partial charge in [-0.2, -0.15) is 0 Å². The molecule has 1 N–H and O–H groups in total. The zero-order valence-corrected chi connectivity index (χ0v) is 10.5. The third-order valence-corrected chi connectivity index (χ3v) is 3.92. The van der Waals surface area contributed by atoms with Gasteiger partial charge in [-0.05, 0) is 13.0 Å². The van der Waals surface area contributed by atoms with E-state index in [-0.39, 0.29) is 10.9 Å².